The molecule has 0 bridgehead atoms. The van der Waals surface area contributed by atoms with Crippen molar-refractivity contribution < 1.29 is 9.72 Å². The first kappa shape index (κ1) is 14.2. The van der Waals surface area contributed by atoms with E-state index in [0.717, 1.165) is 0 Å². The van der Waals surface area contributed by atoms with E-state index >= 15 is 0 Å². The molecule has 2 N–H and O–H groups in total. The Kier molecular flexibility index (Phi) is 4.85. The van der Waals surface area contributed by atoms with Crippen molar-refractivity contribution in [2.45, 2.75) is 13.8 Å². The minimum Gasteiger partial charge on any atom is -0.378 e. The first-order chi connectivity index (χ1) is 8.43. The van der Waals surface area contributed by atoms with Gasteiger partial charge in [0.2, 0.25) is 5.82 Å². The maximum Gasteiger partial charge on any atom is 0.314 e. The summed E-state index contributed by atoms with van der Waals surface area (Å²) in [6.45, 7) is 3.10. The molecule has 1 rings (SSSR count). The number of aromatic nitrogens is 1. The largest absolute Gasteiger partial charge is 0.378 e. The second-order valence-corrected chi connectivity index (χ2v) is 4.73. The molecule has 0 unspecified atom stereocenters. The lowest BCUT2D eigenvalue weighted by Gasteiger charge is -2.03. The minimum absolute atomic E-state index is 0.0257. The van der Waals surface area contributed by atoms with Crippen LogP contribution in [0.1, 0.15) is 18.1 Å². The van der Waals surface area contributed by atoms with Gasteiger partial charge in [-0.2, -0.15) is 0 Å². The molecule has 96 valence electrons. The summed E-state index contributed by atoms with van der Waals surface area (Å²) in [6.07, 6.45) is 4.94. The van der Waals surface area contributed by atoms with Crippen molar-refractivity contribution in [1.29, 1.82) is 0 Å². The topological polar surface area (TPSA) is 99.1 Å². The summed E-state index contributed by atoms with van der Waals surface area (Å²) in [5, 5.41) is 10.9. The summed E-state index contributed by atoms with van der Waals surface area (Å²) in [5.41, 5.74) is 6.38. The Morgan fingerprint density at radius 1 is 1.67 bits per heavy atom. The highest BCUT2D eigenvalue weighted by Crippen LogP contribution is 2.26. The van der Waals surface area contributed by atoms with Crippen LogP contribution in [-0.2, 0) is 4.79 Å². The van der Waals surface area contributed by atoms with Gasteiger partial charge in [0.15, 0.2) is 5.12 Å². The minimum atomic E-state index is -0.542. The third-order valence-electron chi connectivity index (χ3n) is 2.24. The summed E-state index contributed by atoms with van der Waals surface area (Å²) in [6, 6.07) is 0. The average molecular weight is 267 g/mol. The van der Waals surface area contributed by atoms with Gasteiger partial charge < -0.3 is 5.73 Å². The second-order valence-electron chi connectivity index (χ2n) is 3.53. The molecule has 0 aliphatic rings. The molecule has 0 radical (unpaired) electrons. The van der Waals surface area contributed by atoms with E-state index in [4.69, 9.17) is 5.73 Å². The molecular formula is C11H13N3O3S. The van der Waals surface area contributed by atoms with Crippen molar-refractivity contribution >= 4 is 34.5 Å². The van der Waals surface area contributed by atoms with Crippen LogP contribution >= 0.6 is 11.8 Å². The number of nitro groups is 1. The highest BCUT2D eigenvalue weighted by Gasteiger charge is 2.18. The van der Waals surface area contributed by atoms with Crippen molar-refractivity contribution in [2.24, 2.45) is 0 Å². The standard InChI is InChI=1S/C11H13N3O3S/c1-7-9(4-3-5-18-8(2)15)6-13-11(12)10(7)14(16)17/h3-4,6H,5H2,1-2H3,(H2,12,13). The predicted octanol–water partition coefficient (Wildman–Crippen LogP) is 2.17. The van der Waals surface area contributed by atoms with Gasteiger partial charge in [-0.05, 0) is 6.92 Å². The Hall–Kier alpha value is -1.89. The number of nitrogen functional groups attached to an aromatic ring is 1. The predicted molar refractivity (Wildman–Crippen MR) is 72.2 cm³/mol. The molecule has 7 heteroatoms. The lowest BCUT2D eigenvalue weighted by molar-refractivity contribution is -0.384. The fraction of sp³-hybridized carbons (Fsp3) is 0.273. The van der Waals surface area contributed by atoms with Gasteiger partial charge in [-0.3, -0.25) is 14.9 Å². The molecule has 0 saturated carbocycles. The van der Waals surface area contributed by atoms with Crippen molar-refractivity contribution in [2.75, 3.05) is 11.5 Å². The second kappa shape index (κ2) is 6.15. The van der Waals surface area contributed by atoms with Crippen molar-refractivity contribution in [3.8, 4) is 0 Å². The summed E-state index contributed by atoms with van der Waals surface area (Å²) in [5.74, 6) is 0.431. The normalized spacial score (nSPS) is 10.8. The Balaban J connectivity index is 2.94. The van der Waals surface area contributed by atoms with Crippen molar-refractivity contribution in [1.82, 2.24) is 4.98 Å². The van der Waals surface area contributed by atoms with Crippen LogP contribution in [0.4, 0.5) is 11.5 Å². The van der Waals surface area contributed by atoms with E-state index in [-0.39, 0.29) is 16.6 Å². The Morgan fingerprint density at radius 3 is 2.89 bits per heavy atom. The quantitative estimate of drug-likeness (QED) is 0.663. The van der Waals surface area contributed by atoms with Crippen LogP contribution in [0.2, 0.25) is 0 Å². The summed E-state index contributed by atoms with van der Waals surface area (Å²) < 4.78 is 0. The smallest absolute Gasteiger partial charge is 0.314 e. The maximum absolute atomic E-state index is 10.8. The number of nitrogens with two attached hydrogens (primary N) is 1. The van der Waals surface area contributed by atoms with E-state index in [1.165, 1.54) is 24.9 Å². The van der Waals surface area contributed by atoms with Crippen LogP contribution in [0.3, 0.4) is 0 Å². The van der Waals surface area contributed by atoms with Crippen LogP contribution < -0.4 is 5.73 Å². The van der Waals surface area contributed by atoms with Crippen LogP contribution in [0, 0.1) is 17.0 Å². The van der Waals surface area contributed by atoms with Crippen molar-refractivity contribution in [3.63, 3.8) is 0 Å². The fourth-order valence-electron chi connectivity index (χ4n) is 1.36. The van der Waals surface area contributed by atoms with Gasteiger partial charge in [0.25, 0.3) is 0 Å². The molecule has 0 atom stereocenters. The van der Waals surface area contributed by atoms with Gasteiger partial charge >= 0.3 is 5.69 Å². The number of anilines is 1. The van der Waals surface area contributed by atoms with E-state index in [1.54, 1.807) is 19.1 Å². The number of hydrogen-bond donors (Lipinski definition) is 1. The summed E-state index contributed by atoms with van der Waals surface area (Å²) in [7, 11) is 0. The molecule has 18 heavy (non-hydrogen) atoms. The molecule has 0 spiro atoms. The molecule has 0 saturated heterocycles. The number of rotatable bonds is 4. The first-order valence-corrected chi connectivity index (χ1v) is 6.11. The maximum atomic E-state index is 10.8. The van der Waals surface area contributed by atoms with E-state index < -0.39 is 4.92 Å². The molecule has 0 aliphatic heterocycles. The molecule has 1 aromatic rings. The van der Waals surface area contributed by atoms with Gasteiger partial charge in [0.1, 0.15) is 0 Å². The molecular weight excluding hydrogens is 254 g/mol. The summed E-state index contributed by atoms with van der Waals surface area (Å²) >= 11 is 1.17. The highest BCUT2D eigenvalue weighted by atomic mass is 32.2. The van der Waals surface area contributed by atoms with Gasteiger partial charge in [0.05, 0.1) is 4.92 Å². The van der Waals surface area contributed by atoms with Gasteiger partial charge in [0, 0.05) is 30.0 Å². The van der Waals surface area contributed by atoms with Gasteiger partial charge in [-0.1, -0.05) is 23.9 Å². The Bertz CT molecular complexity index is 515. The van der Waals surface area contributed by atoms with E-state index in [1.807, 2.05) is 0 Å². The number of pyridine rings is 1. The lowest BCUT2D eigenvalue weighted by atomic mass is 10.1. The Morgan fingerprint density at radius 2 is 2.33 bits per heavy atom. The number of thioether (sulfide) groups is 1. The zero-order valence-electron chi connectivity index (χ0n) is 10.0. The lowest BCUT2D eigenvalue weighted by Crippen LogP contribution is -2.02. The number of hydrogen-bond acceptors (Lipinski definition) is 6. The fourth-order valence-corrected chi connectivity index (χ4v) is 1.79. The zero-order chi connectivity index (χ0) is 13.7. The molecule has 0 amide bonds. The van der Waals surface area contributed by atoms with Gasteiger partial charge in [-0.15, -0.1) is 0 Å². The molecule has 0 fully saturated rings. The number of carbonyl (C=O) groups excluding carboxylic acids is 1. The van der Waals surface area contributed by atoms with Crippen LogP contribution in [-0.4, -0.2) is 20.8 Å². The molecule has 6 nitrogen and oxygen atoms in total. The number of carbonyl (C=O) groups is 1. The third kappa shape index (κ3) is 3.56. The zero-order valence-corrected chi connectivity index (χ0v) is 10.9. The van der Waals surface area contributed by atoms with Crippen LogP contribution in [0.15, 0.2) is 12.3 Å². The third-order valence-corrected chi connectivity index (χ3v) is 3.00. The Labute approximate surface area is 108 Å². The molecule has 0 aromatic carbocycles. The summed E-state index contributed by atoms with van der Waals surface area (Å²) in [4.78, 5) is 24.8. The van der Waals surface area contributed by atoms with Crippen LogP contribution in [0.25, 0.3) is 6.08 Å². The molecule has 1 aromatic heterocycles. The molecule has 0 aliphatic carbocycles. The van der Waals surface area contributed by atoms with Crippen LogP contribution in [0.5, 0.6) is 0 Å². The SMILES string of the molecule is CC(=O)SCC=Cc1cnc(N)c([N+](=O)[O-])c1C. The van der Waals surface area contributed by atoms with Gasteiger partial charge in [-0.25, -0.2) is 4.98 Å². The van der Waals surface area contributed by atoms with Crippen molar-refractivity contribution in [3.05, 3.63) is 33.5 Å². The highest BCUT2D eigenvalue weighted by molar-refractivity contribution is 8.13. The first-order valence-electron chi connectivity index (χ1n) is 5.13. The van der Waals surface area contributed by atoms with E-state index in [2.05, 4.69) is 4.98 Å². The van der Waals surface area contributed by atoms with E-state index in [0.29, 0.717) is 16.9 Å². The average Bonchev–Trinajstić information content (AvgIpc) is 2.26. The monoisotopic (exact) mass is 267 g/mol. The molecule has 1 heterocycles. The van der Waals surface area contributed by atoms with E-state index in [9.17, 15) is 14.9 Å². The number of nitrogens with zero attached hydrogens (tertiary/aromatic N) is 2.